The molecule has 0 radical (unpaired) electrons. The molecule has 3 unspecified atom stereocenters. The van der Waals surface area contributed by atoms with E-state index >= 15 is 0 Å². The van der Waals surface area contributed by atoms with Crippen LogP contribution in [0.4, 0.5) is 0 Å². The third-order valence-electron chi connectivity index (χ3n) is 5.02. The van der Waals surface area contributed by atoms with Gasteiger partial charge in [-0.3, -0.25) is 4.90 Å². The molecule has 1 N–H and O–H groups in total. The first-order valence-corrected chi connectivity index (χ1v) is 7.38. The third kappa shape index (κ3) is 2.67. The minimum absolute atomic E-state index is 0.799. The molecule has 0 aromatic carbocycles. The molecule has 1 heterocycles. The van der Waals surface area contributed by atoms with Gasteiger partial charge in [-0.2, -0.15) is 0 Å². The molecule has 3 rings (SSSR count). The number of rotatable bonds is 5. The van der Waals surface area contributed by atoms with Crippen LogP contribution >= 0.6 is 0 Å². The normalized spacial score (nSPS) is 38.6. The molecule has 0 amide bonds. The molecule has 1 aliphatic heterocycles. The topological polar surface area (TPSA) is 18.5 Å². The van der Waals surface area contributed by atoms with Gasteiger partial charge in [-0.15, -0.1) is 0 Å². The lowest BCUT2D eigenvalue weighted by atomic mass is 9.78. The standard InChI is InChI=1S/C14H27N3/c1-16(2)13-7-8-17(10-13)14-6-3-11(14)9-15-12-4-5-12/h11-15H,3-10H2,1-2H3. The van der Waals surface area contributed by atoms with E-state index in [1.165, 1.54) is 51.7 Å². The highest BCUT2D eigenvalue weighted by Crippen LogP contribution is 2.35. The second-order valence-corrected chi connectivity index (χ2v) is 6.49. The quantitative estimate of drug-likeness (QED) is 0.774. The largest absolute Gasteiger partial charge is 0.314 e. The molecule has 2 aliphatic carbocycles. The van der Waals surface area contributed by atoms with Crippen molar-refractivity contribution in [3.05, 3.63) is 0 Å². The minimum atomic E-state index is 0.799. The predicted octanol–water partition coefficient (Wildman–Crippen LogP) is 1.15. The second kappa shape index (κ2) is 4.87. The van der Waals surface area contributed by atoms with Crippen LogP contribution in [0.1, 0.15) is 32.1 Å². The van der Waals surface area contributed by atoms with E-state index in [1.54, 1.807) is 0 Å². The van der Waals surface area contributed by atoms with Crippen molar-refractivity contribution in [2.75, 3.05) is 33.7 Å². The fourth-order valence-corrected chi connectivity index (χ4v) is 3.37. The van der Waals surface area contributed by atoms with Gasteiger partial charge in [0.1, 0.15) is 0 Å². The molecule has 1 saturated heterocycles. The van der Waals surface area contributed by atoms with Crippen molar-refractivity contribution >= 4 is 0 Å². The zero-order chi connectivity index (χ0) is 11.8. The fraction of sp³-hybridized carbons (Fsp3) is 1.00. The predicted molar refractivity (Wildman–Crippen MR) is 71.2 cm³/mol. The van der Waals surface area contributed by atoms with Gasteiger partial charge in [0.15, 0.2) is 0 Å². The number of nitrogens with one attached hydrogen (secondary N) is 1. The Bertz CT molecular complexity index is 262. The van der Waals surface area contributed by atoms with Gasteiger partial charge in [-0.05, 0) is 58.7 Å². The molecule has 0 spiro atoms. The Morgan fingerprint density at radius 1 is 1.12 bits per heavy atom. The zero-order valence-corrected chi connectivity index (χ0v) is 11.4. The summed E-state index contributed by atoms with van der Waals surface area (Å²) in [5.74, 6) is 0.941. The van der Waals surface area contributed by atoms with Crippen molar-refractivity contribution in [2.24, 2.45) is 5.92 Å². The van der Waals surface area contributed by atoms with Gasteiger partial charge in [0, 0.05) is 31.2 Å². The second-order valence-electron chi connectivity index (χ2n) is 6.49. The highest BCUT2D eigenvalue weighted by molar-refractivity contribution is 4.95. The van der Waals surface area contributed by atoms with E-state index in [0.717, 1.165) is 24.0 Å². The highest BCUT2D eigenvalue weighted by atomic mass is 15.3. The number of hydrogen-bond donors (Lipinski definition) is 1. The molecule has 3 fully saturated rings. The summed E-state index contributed by atoms with van der Waals surface area (Å²) in [6.07, 6.45) is 7.10. The van der Waals surface area contributed by atoms with E-state index in [0.29, 0.717) is 0 Å². The molecule has 3 nitrogen and oxygen atoms in total. The summed E-state index contributed by atoms with van der Waals surface area (Å²) >= 11 is 0. The number of likely N-dealkylation sites (tertiary alicyclic amines) is 1. The third-order valence-corrected chi connectivity index (χ3v) is 5.02. The van der Waals surface area contributed by atoms with Crippen molar-refractivity contribution in [3.63, 3.8) is 0 Å². The van der Waals surface area contributed by atoms with Crippen molar-refractivity contribution in [1.82, 2.24) is 15.1 Å². The molecule has 98 valence electrons. The molecule has 0 aromatic rings. The molecular formula is C14H27N3. The summed E-state index contributed by atoms with van der Waals surface area (Å²) in [7, 11) is 4.45. The van der Waals surface area contributed by atoms with Gasteiger partial charge in [-0.25, -0.2) is 0 Å². The average molecular weight is 237 g/mol. The monoisotopic (exact) mass is 237 g/mol. The summed E-state index contributed by atoms with van der Waals surface area (Å²) in [4.78, 5) is 5.16. The van der Waals surface area contributed by atoms with Crippen molar-refractivity contribution in [1.29, 1.82) is 0 Å². The van der Waals surface area contributed by atoms with Gasteiger partial charge in [0.25, 0.3) is 0 Å². The lowest BCUT2D eigenvalue weighted by Gasteiger charge is -2.43. The lowest BCUT2D eigenvalue weighted by Crippen LogP contribution is -2.50. The first kappa shape index (κ1) is 11.9. The van der Waals surface area contributed by atoms with Crippen LogP contribution in [0.2, 0.25) is 0 Å². The summed E-state index contributed by atoms with van der Waals surface area (Å²) in [6, 6.07) is 2.57. The van der Waals surface area contributed by atoms with Crippen molar-refractivity contribution in [2.45, 2.75) is 50.2 Å². The Morgan fingerprint density at radius 3 is 2.47 bits per heavy atom. The van der Waals surface area contributed by atoms with Crippen LogP contribution in [-0.2, 0) is 0 Å². The van der Waals surface area contributed by atoms with Crippen LogP contribution in [0.3, 0.4) is 0 Å². The molecule has 0 aromatic heterocycles. The fourth-order valence-electron chi connectivity index (χ4n) is 3.37. The van der Waals surface area contributed by atoms with E-state index in [9.17, 15) is 0 Å². The molecule has 3 aliphatic rings. The Morgan fingerprint density at radius 2 is 1.94 bits per heavy atom. The van der Waals surface area contributed by atoms with Gasteiger partial charge in [-0.1, -0.05) is 0 Å². The van der Waals surface area contributed by atoms with Gasteiger partial charge >= 0.3 is 0 Å². The maximum absolute atomic E-state index is 3.71. The molecule has 3 heteroatoms. The molecule has 2 saturated carbocycles. The maximum atomic E-state index is 3.71. The van der Waals surface area contributed by atoms with Crippen LogP contribution in [0.5, 0.6) is 0 Å². The first-order valence-electron chi connectivity index (χ1n) is 7.38. The van der Waals surface area contributed by atoms with Crippen LogP contribution in [0.25, 0.3) is 0 Å². The molecule has 3 atom stereocenters. The maximum Gasteiger partial charge on any atom is 0.0229 e. The molecule has 0 bridgehead atoms. The molecule has 17 heavy (non-hydrogen) atoms. The number of hydrogen-bond acceptors (Lipinski definition) is 3. The Balaban J connectivity index is 1.44. The van der Waals surface area contributed by atoms with Crippen molar-refractivity contribution in [3.8, 4) is 0 Å². The van der Waals surface area contributed by atoms with E-state index in [2.05, 4.69) is 29.2 Å². The molecular weight excluding hydrogens is 210 g/mol. The van der Waals surface area contributed by atoms with Gasteiger partial charge < -0.3 is 10.2 Å². The minimum Gasteiger partial charge on any atom is -0.314 e. The summed E-state index contributed by atoms with van der Waals surface area (Å²) < 4.78 is 0. The van der Waals surface area contributed by atoms with Crippen LogP contribution in [-0.4, -0.2) is 61.7 Å². The van der Waals surface area contributed by atoms with Crippen LogP contribution in [0.15, 0.2) is 0 Å². The van der Waals surface area contributed by atoms with E-state index in [4.69, 9.17) is 0 Å². The van der Waals surface area contributed by atoms with Gasteiger partial charge in [0.2, 0.25) is 0 Å². The average Bonchev–Trinajstić information content (AvgIpc) is 2.94. The van der Waals surface area contributed by atoms with Crippen LogP contribution in [0, 0.1) is 5.92 Å². The van der Waals surface area contributed by atoms with Crippen molar-refractivity contribution < 1.29 is 0 Å². The Labute approximate surface area is 106 Å². The Kier molecular flexibility index (Phi) is 3.42. The highest BCUT2D eigenvalue weighted by Gasteiger charge is 2.39. The van der Waals surface area contributed by atoms with Crippen LogP contribution < -0.4 is 5.32 Å². The summed E-state index contributed by atoms with van der Waals surface area (Å²) in [5.41, 5.74) is 0. The van der Waals surface area contributed by atoms with E-state index in [-0.39, 0.29) is 0 Å². The zero-order valence-electron chi connectivity index (χ0n) is 11.4. The summed E-state index contributed by atoms with van der Waals surface area (Å²) in [5, 5.41) is 3.71. The number of likely N-dealkylation sites (N-methyl/N-ethyl adjacent to an activating group) is 1. The van der Waals surface area contributed by atoms with Gasteiger partial charge in [0.05, 0.1) is 0 Å². The Hall–Kier alpha value is -0.120. The smallest absolute Gasteiger partial charge is 0.0229 e. The number of nitrogens with zero attached hydrogens (tertiary/aromatic N) is 2. The van der Waals surface area contributed by atoms with E-state index in [1.807, 2.05) is 0 Å². The van der Waals surface area contributed by atoms with E-state index < -0.39 is 0 Å². The lowest BCUT2D eigenvalue weighted by molar-refractivity contribution is 0.0764. The SMILES string of the molecule is CN(C)C1CCN(C2CCC2CNC2CC2)C1. The summed E-state index contributed by atoms with van der Waals surface area (Å²) in [6.45, 7) is 3.91. The first-order chi connectivity index (χ1) is 8.24.